The molecule has 128 valence electrons. The molecule has 4 nitrogen and oxygen atoms in total. The van der Waals surface area contributed by atoms with Gasteiger partial charge in [-0.05, 0) is 36.6 Å². The summed E-state index contributed by atoms with van der Waals surface area (Å²) in [6.07, 6.45) is 5.15. The van der Waals surface area contributed by atoms with Crippen molar-refractivity contribution in [2.45, 2.75) is 33.2 Å². The van der Waals surface area contributed by atoms with Crippen LogP contribution in [0.4, 0.5) is 10.1 Å². The SMILES string of the molecule is CCCN(CCC)C(=O)c1cncc(NCc2ccc(F)cc2)c1. The van der Waals surface area contributed by atoms with Crippen molar-refractivity contribution in [2.24, 2.45) is 0 Å². The molecule has 2 rings (SSSR count). The third kappa shape index (κ3) is 5.05. The summed E-state index contributed by atoms with van der Waals surface area (Å²) in [4.78, 5) is 18.6. The lowest BCUT2D eigenvalue weighted by molar-refractivity contribution is 0.0755. The van der Waals surface area contributed by atoms with Crippen molar-refractivity contribution in [3.8, 4) is 0 Å². The van der Waals surface area contributed by atoms with E-state index in [2.05, 4.69) is 24.1 Å². The van der Waals surface area contributed by atoms with Gasteiger partial charge in [0.1, 0.15) is 5.82 Å². The molecule has 1 heterocycles. The molecule has 0 fully saturated rings. The maximum atomic E-state index is 12.9. The zero-order chi connectivity index (χ0) is 17.4. The molecule has 0 unspecified atom stereocenters. The van der Waals surface area contributed by atoms with Crippen molar-refractivity contribution in [1.82, 2.24) is 9.88 Å². The van der Waals surface area contributed by atoms with E-state index in [1.807, 2.05) is 11.0 Å². The van der Waals surface area contributed by atoms with Gasteiger partial charge in [0.2, 0.25) is 0 Å². The van der Waals surface area contributed by atoms with Crippen molar-refractivity contribution in [1.29, 1.82) is 0 Å². The van der Waals surface area contributed by atoms with Crippen molar-refractivity contribution in [3.05, 3.63) is 59.7 Å². The fraction of sp³-hybridized carbons (Fsp3) is 0.368. The Morgan fingerprint density at radius 2 is 1.79 bits per heavy atom. The van der Waals surface area contributed by atoms with Crippen LogP contribution in [0.3, 0.4) is 0 Å². The van der Waals surface area contributed by atoms with Crippen LogP contribution in [0.5, 0.6) is 0 Å². The average Bonchev–Trinajstić information content (AvgIpc) is 2.61. The molecule has 0 spiro atoms. The second kappa shape index (κ2) is 9.01. The summed E-state index contributed by atoms with van der Waals surface area (Å²) in [5.41, 5.74) is 2.32. The lowest BCUT2D eigenvalue weighted by atomic mass is 10.2. The van der Waals surface area contributed by atoms with Gasteiger partial charge >= 0.3 is 0 Å². The number of hydrogen-bond acceptors (Lipinski definition) is 3. The molecule has 5 heteroatoms. The van der Waals surface area contributed by atoms with Crippen molar-refractivity contribution >= 4 is 11.6 Å². The minimum absolute atomic E-state index is 0.0108. The molecule has 1 amide bonds. The summed E-state index contributed by atoms with van der Waals surface area (Å²) in [5, 5.41) is 3.22. The monoisotopic (exact) mass is 329 g/mol. The summed E-state index contributed by atoms with van der Waals surface area (Å²) in [6, 6.07) is 8.15. The molecule has 0 radical (unpaired) electrons. The van der Waals surface area contributed by atoms with Crippen LogP contribution < -0.4 is 5.32 Å². The van der Waals surface area contributed by atoms with Crippen LogP contribution in [-0.2, 0) is 6.54 Å². The fourth-order valence-electron chi connectivity index (χ4n) is 2.50. The molecule has 0 aliphatic heterocycles. The van der Waals surface area contributed by atoms with Crippen LogP contribution in [-0.4, -0.2) is 28.9 Å². The standard InChI is InChI=1S/C19H24FN3O/c1-3-9-23(10-4-2)19(24)16-11-18(14-21-13-16)22-12-15-5-7-17(20)8-6-15/h5-8,11,13-14,22H,3-4,9-10,12H2,1-2H3. The number of carbonyl (C=O) groups excluding carboxylic acids is 1. The fourth-order valence-corrected chi connectivity index (χ4v) is 2.50. The van der Waals surface area contributed by atoms with Crippen molar-refractivity contribution < 1.29 is 9.18 Å². The Kier molecular flexibility index (Phi) is 6.73. The quantitative estimate of drug-likeness (QED) is 0.793. The van der Waals surface area contributed by atoms with E-state index in [9.17, 15) is 9.18 Å². The first-order valence-electron chi connectivity index (χ1n) is 8.36. The predicted octanol–water partition coefficient (Wildman–Crippen LogP) is 4.10. The van der Waals surface area contributed by atoms with Gasteiger partial charge in [-0.1, -0.05) is 26.0 Å². The molecule has 0 saturated carbocycles. The second-order valence-electron chi connectivity index (χ2n) is 5.73. The summed E-state index contributed by atoms with van der Waals surface area (Å²) in [5.74, 6) is -0.239. The van der Waals surface area contributed by atoms with E-state index < -0.39 is 0 Å². The normalized spacial score (nSPS) is 10.5. The zero-order valence-corrected chi connectivity index (χ0v) is 14.3. The largest absolute Gasteiger partial charge is 0.380 e. The number of carbonyl (C=O) groups is 1. The molecule has 0 saturated heterocycles. The molecule has 0 aliphatic carbocycles. The molecule has 24 heavy (non-hydrogen) atoms. The molecule has 0 atom stereocenters. The van der Waals surface area contributed by atoms with Gasteiger partial charge in [-0.3, -0.25) is 9.78 Å². The number of anilines is 1. The Morgan fingerprint density at radius 3 is 2.42 bits per heavy atom. The zero-order valence-electron chi connectivity index (χ0n) is 14.3. The highest BCUT2D eigenvalue weighted by atomic mass is 19.1. The highest BCUT2D eigenvalue weighted by Gasteiger charge is 2.14. The van der Waals surface area contributed by atoms with E-state index >= 15 is 0 Å². The number of benzene rings is 1. The van der Waals surface area contributed by atoms with E-state index in [0.717, 1.165) is 37.2 Å². The minimum atomic E-state index is -0.250. The number of nitrogens with one attached hydrogen (secondary N) is 1. The van der Waals surface area contributed by atoms with Crippen LogP contribution in [0, 0.1) is 5.82 Å². The van der Waals surface area contributed by atoms with Crippen molar-refractivity contribution in [2.75, 3.05) is 18.4 Å². The number of hydrogen-bond donors (Lipinski definition) is 1. The van der Waals surface area contributed by atoms with Crippen LogP contribution in [0.1, 0.15) is 42.6 Å². The van der Waals surface area contributed by atoms with E-state index in [-0.39, 0.29) is 11.7 Å². The smallest absolute Gasteiger partial charge is 0.255 e. The lowest BCUT2D eigenvalue weighted by Crippen LogP contribution is -2.32. The second-order valence-corrected chi connectivity index (χ2v) is 5.73. The van der Waals surface area contributed by atoms with Crippen molar-refractivity contribution in [3.63, 3.8) is 0 Å². The molecule has 0 bridgehead atoms. The highest BCUT2D eigenvalue weighted by Crippen LogP contribution is 2.13. The Labute approximate surface area is 142 Å². The molecule has 0 aliphatic rings. The number of halogens is 1. The summed E-state index contributed by atoms with van der Waals surface area (Å²) < 4.78 is 12.9. The number of rotatable bonds is 8. The number of nitrogens with zero attached hydrogens (tertiary/aromatic N) is 2. The summed E-state index contributed by atoms with van der Waals surface area (Å²) in [7, 11) is 0. The molecule has 1 aromatic heterocycles. The van der Waals surface area contributed by atoms with Gasteiger partial charge in [-0.15, -0.1) is 0 Å². The Hall–Kier alpha value is -2.43. The Balaban J connectivity index is 2.04. The number of aromatic nitrogens is 1. The van der Waals surface area contributed by atoms with Gasteiger partial charge in [0.05, 0.1) is 11.3 Å². The topological polar surface area (TPSA) is 45.2 Å². The maximum Gasteiger partial charge on any atom is 0.255 e. The Bertz CT molecular complexity index is 652. The van der Waals surface area contributed by atoms with Crippen LogP contribution in [0.25, 0.3) is 0 Å². The Morgan fingerprint density at radius 1 is 1.12 bits per heavy atom. The maximum absolute atomic E-state index is 12.9. The number of amides is 1. The van der Waals surface area contributed by atoms with E-state index in [0.29, 0.717) is 12.1 Å². The van der Waals surface area contributed by atoms with Gasteiger partial charge in [0.15, 0.2) is 0 Å². The summed E-state index contributed by atoms with van der Waals surface area (Å²) >= 11 is 0. The number of pyridine rings is 1. The van der Waals surface area contributed by atoms with E-state index in [1.54, 1.807) is 24.5 Å². The van der Waals surface area contributed by atoms with Gasteiger partial charge in [0.25, 0.3) is 5.91 Å². The lowest BCUT2D eigenvalue weighted by Gasteiger charge is -2.21. The first-order valence-corrected chi connectivity index (χ1v) is 8.36. The first kappa shape index (κ1) is 17.9. The third-order valence-electron chi connectivity index (χ3n) is 3.67. The van der Waals surface area contributed by atoms with E-state index in [1.165, 1.54) is 12.1 Å². The molecular weight excluding hydrogens is 305 g/mol. The third-order valence-corrected chi connectivity index (χ3v) is 3.67. The first-order chi connectivity index (χ1) is 11.6. The van der Waals surface area contributed by atoms with Gasteiger partial charge in [0, 0.05) is 32.0 Å². The van der Waals surface area contributed by atoms with Gasteiger partial charge in [-0.2, -0.15) is 0 Å². The van der Waals surface area contributed by atoms with Crippen LogP contribution >= 0.6 is 0 Å². The average molecular weight is 329 g/mol. The highest BCUT2D eigenvalue weighted by molar-refractivity contribution is 5.94. The van der Waals surface area contributed by atoms with Gasteiger partial charge in [-0.25, -0.2) is 4.39 Å². The summed E-state index contributed by atoms with van der Waals surface area (Å²) in [6.45, 7) is 6.18. The van der Waals surface area contributed by atoms with E-state index in [4.69, 9.17) is 0 Å². The predicted molar refractivity (Wildman–Crippen MR) is 94.4 cm³/mol. The van der Waals surface area contributed by atoms with Gasteiger partial charge < -0.3 is 10.2 Å². The molecule has 1 N–H and O–H groups in total. The van der Waals surface area contributed by atoms with Crippen LogP contribution in [0.2, 0.25) is 0 Å². The van der Waals surface area contributed by atoms with Crippen LogP contribution in [0.15, 0.2) is 42.7 Å². The molecule has 2 aromatic rings. The molecule has 1 aromatic carbocycles. The molecular formula is C19H24FN3O. The minimum Gasteiger partial charge on any atom is -0.380 e.